The Labute approximate surface area is 230 Å². The van der Waals surface area contributed by atoms with E-state index in [1.54, 1.807) is 36.1 Å². The quantitative estimate of drug-likeness (QED) is 0.328. The molecule has 2 aliphatic heterocycles. The SMILES string of the molecule is CCOC(=O)C12CCC(CN(Cc3ccccc3)C1)N2C(=O)c1ccc(Oc2ccc(OC(F)(F)F)cc2)cc1. The van der Waals surface area contributed by atoms with Gasteiger partial charge in [-0.15, -0.1) is 13.2 Å². The Morgan fingerprint density at radius 3 is 2.17 bits per heavy atom. The van der Waals surface area contributed by atoms with Gasteiger partial charge in [0.15, 0.2) is 5.54 Å². The van der Waals surface area contributed by atoms with Crippen molar-refractivity contribution in [3.05, 3.63) is 90.0 Å². The molecular formula is C30H29F3N2O5. The smallest absolute Gasteiger partial charge is 0.464 e. The first-order valence-corrected chi connectivity index (χ1v) is 13.1. The molecule has 7 nitrogen and oxygen atoms in total. The molecule has 2 heterocycles. The lowest BCUT2D eigenvalue weighted by Crippen LogP contribution is -2.66. The lowest BCUT2D eigenvalue weighted by atomic mass is 9.93. The number of ether oxygens (including phenoxy) is 3. The molecule has 2 atom stereocenters. The molecule has 1 amide bonds. The third-order valence-corrected chi connectivity index (χ3v) is 7.19. The summed E-state index contributed by atoms with van der Waals surface area (Å²) in [6, 6.07) is 21.4. The first-order valence-electron chi connectivity index (χ1n) is 13.1. The van der Waals surface area contributed by atoms with Crippen molar-refractivity contribution >= 4 is 11.9 Å². The van der Waals surface area contributed by atoms with E-state index in [9.17, 15) is 22.8 Å². The number of rotatable bonds is 8. The number of alkyl halides is 3. The molecule has 0 radical (unpaired) electrons. The van der Waals surface area contributed by atoms with Gasteiger partial charge in [-0.3, -0.25) is 9.69 Å². The summed E-state index contributed by atoms with van der Waals surface area (Å²) < 4.78 is 52.2. The van der Waals surface area contributed by atoms with Crippen LogP contribution in [0.25, 0.3) is 0 Å². The number of hydrogen-bond donors (Lipinski definition) is 0. The number of esters is 1. The molecule has 5 rings (SSSR count). The van der Waals surface area contributed by atoms with Gasteiger partial charge in [0.2, 0.25) is 0 Å². The van der Waals surface area contributed by atoms with Crippen molar-refractivity contribution in [3.63, 3.8) is 0 Å². The van der Waals surface area contributed by atoms with E-state index >= 15 is 0 Å². The summed E-state index contributed by atoms with van der Waals surface area (Å²) in [6.07, 6.45) is -3.54. The average Bonchev–Trinajstić information content (AvgIpc) is 3.17. The second-order valence-corrected chi connectivity index (χ2v) is 9.92. The zero-order valence-corrected chi connectivity index (χ0v) is 21.9. The summed E-state index contributed by atoms with van der Waals surface area (Å²) in [4.78, 5) is 31.1. The van der Waals surface area contributed by atoms with E-state index in [2.05, 4.69) is 9.64 Å². The number of benzene rings is 3. The number of amides is 1. The van der Waals surface area contributed by atoms with E-state index < -0.39 is 11.9 Å². The van der Waals surface area contributed by atoms with Crippen molar-refractivity contribution in [2.24, 2.45) is 0 Å². The maximum Gasteiger partial charge on any atom is 0.573 e. The predicted octanol–water partition coefficient (Wildman–Crippen LogP) is 5.80. The minimum Gasteiger partial charge on any atom is -0.464 e. The highest BCUT2D eigenvalue weighted by atomic mass is 19.4. The molecule has 2 unspecified atom stereocenters. The van der Waals surface area contributed by atoms with E-state index in [-0.39, 0.29) is 30.3 Å². The summed E-state index contributed by atoms with van der Waals surface area (Å²) in [7, 11) is 0. The second-order valence-electron chi connectivity index (χ2n) is 9.92. The first-order chi connectivity index (χ1) is 19.2. The van der Waals surface area contributed by atoms with Crippen LogP contribution in [0, 0.1) is 0 Å². The second kappa shape index (κ2) is 11.2. The van der Waals surface area contributed by atoms with Crippen LogP contribution in [0.15, 0.2) is 78.9 Å². The molecule has 2 saturated heterocycles. The molecule has 40 heavy (non-hydrogen) atoms. The van der Waals surface area contributed by atoms with Crippen LogP contribution in [0.5, 0.6) is 17.2 Å². The molecule has 0 saturated carbocycles. The van der Waals surface area contributed by atoms with Gasteiger partial charge in [0.1, 0.15) is 17.2 Å². The normalized spacial score (nSPS) is 20.7. The molecule has 2 aliphatic rings. The van der Waals surface area contributed by atoms with Gasteiger partial charge in [-0.05, 0) is 73.9 Å². The molecular weight excluding hydrogens is 525 g/mol. The fourth-order valence-corrected chi connectivity index (χ4v) is 5.57. The van der Waals surface area contributed by atoms with Crippen molar-refractivity contribution < 1.29 is 37.0 Å². The van der Waals surface area contributed by atoms with E-state index in [0.29, 0.717) is 49.5 Å². The molecule has 0 aliphatic carbocycles. The molecule has 3 aromatic carbocycles. The highest BCUT2D eigenvalue weighted by Crippen LogP contribution is 2.42. The number of carbonyl (C=O) groups excluding carboxylic acids is 2. The summed E-state index contributed by atoms with van der Waals surface area (Å²) in [6.45, 7) is 3.69. The molecule has 210 valence electrons. The van der Waals surface area contributed by atoms with Gasteiger partial charge in [0.05, 0.1) is 6.61 Å². The molecule has 2 bridgehead atoms. The molecule has 2 fully saturated rings. The number of carbonyl (C=O) groups is 2. The third kappa shape index (κ3) is 5.91. The maximum absolute atomic E-state index is 13.8. The lowest BCUT2D eigenvalue weighted by Gasteiger charge is -2.47. The number of piperazine rings is 1. The topological polar surface area (TPSA) is 68.3 Å². The van der Waals surface area contributed by atoms with Crippen molar-refractivity contribution in [2.75, 3.05) is 19.7 Å². The monoisotopic (exact) mass is 554 g/mol. The van der Waals surface area contributed by atoms with E-state index in [1.165, 1.54) is 12.1 Å². The molecule has 0 aromatic heterocycles. The Morgan fingerprint density at radius 1 is 0.925 bits per heavy atom. The Kier molecular flexibility index (Phi) is 7.71. The van der Waals surface area contributed by atoms with Crippen molar-refractivity contribution in [3.8, 4) is 17.2 Å². The van der Waals surface area contributed by atoms with E-state index in [4.69, 9.17) is 9.47 Å². The Bertz CT molecular complexity index is 1330. The lowest BCUT2D eigenvalue weighted by molar-refractivity contribution is -0.274. The van der Waals surface area contributed by atoms with Gasteiger partial charge < -0.3 is 19.1 Å². The summed E-state index contributed by atoms with van der Waals surface area (Å²) in [5.74, 6) is -0.286. The minimum atomic E-state index is -4.77. The van der Waals surface area contributed by atoms with Crippen LogP contribution >= 0.6 is 0 Å². The standard InChI is InChI=1S/C30H29F3N2O5/c1-2-38-28(37)29-17-16-23(19-34(20-29)18-21-6-4-3-5-7-21)35(29)27(36)22-8-10-24(11-9-22)39-25-12-14-26(15-13-25)40-30(31,32)33/h3-15,23H,2,16-20H2,1H3. The summed E-state index contributed by atoms with van der Waals surface area (Å²) in [5.41, 5.74) is 0.470. The number of hydrogen-bond acceptors (Lipinski definition) is 6. The van der Waals surface area contributed by atoms with Crippen LogP contribution in [0.2, 0.25) is 0 Å². The Balaban J connectivity index is 1.31. The van der Waals surface area contributed by atoms with Gasteiger partial charge >= 0.3 is 12.3 Å². The number of likely N-dealkylation sites (tertiary alicyclic amines) is 1. The first kappa shape index (κ1) is 27.5. The zero-order valence-electron chi connectivity index (χ0n) is 21.9. The zero-order chi connectivity index (χ0) is 28.3. The van der Waals surface area contributed by atoms with Crippen molar-refractivity contribution in [1.82, 2.24) is 9.80 Å². The highest BCUT2D eigenvalue weighted by Gasteiger charge is 2.58. The molecule has 10 heteroatoms. The maximum atomic E-state index is 13.8. The largest absolute Gasteiger partial charge is 0.573 e. The van der Waals surface area contributed by atoms with Gasteiger partial charge in [-0.2, -0.15) is 0 Å². The van der Waals surface area contributed by atoms with E-state index in [1.807, 2.05) is 30.3 Å². The van der Waals surface area contributed by atoms with Crippen LogP contribution in [0.1, 0.15) is 35.7 Å². The number of nitrogens with zero attached hydrogens (tertiary/aromatic N) is 2. The average molecular weight is 555 g/mol. The fraction of sp³-hybridized carbons (Fsp3) is 0.333. The number of fused-ring (bicyclic) bond motifs is 2. The van der Waals surface area contributed by atoms with Gasteiger partial charge in [-0.1, -0.05) is 30.3 Å². The fourth-order valence-electron chi connectivity index (χ4n) is 5.57. The molecule has 0 spiro atoms. The summed E-state index contributed by atoms with van der Waals surface area (Å²) >= 11 is 0. The minimum absolute atomic E-state index is 0.136. The van der Waals surface area contributed by atoms with Crippen LogP contribution in [0.3, 0.4) is 0 Å². The van der Waals surface area contributed by atoms with Gasteiger partial charge in [-0.25, -0.2) is 4.79 Å². The molecule has 0 N–H and O–H groups in total. The predicted molar refractivity (Wildman–Crippen MR) is 140 cm³/mol. The van der Waals surface area contributed by atoms with E-state index in [0.717, 1.165) is 17.7 Å². The van der Waals surface area contributed by atoms with Gasteiger partial charge in [0.25, 0.3) is 5.91 Å². The van der Waals surface area contributed by atoms with Gasteiger partial charge in [0, 0.05) is 31.2 Å². The highest BCUT2D eigenvalue weighted by molar-refractivity contribution is 5.99. The third-order valence-electron chi connectivity index (χ3n) is 7.19. The Morgan fingerprint density at radius 2 is 1.55 bits per heavy atom. The van der Waals surface area contributed by atoms with Crippen LogP contribution in [0.4, 0.5) is 13.2 Å². The Hall–Kier alpha value is -4.05. The summed E-state index contributed by atoms with van der Waals surface area (Å²) in [5, 5.41) is 0. The van der Waals surface area contributed by atoms with Crippen molar-refractivity contribution in [1.29, 1.82) is 0 Å². The van der Waals surface area contributed by atoms with Crippen LogP contribution < -0.4 is 9.47 Å². The van der Waals surface area contributed by atoms with Crippen molar-refractivity contribution in [2.45, 2.75) is 44.3 Å². The van der Waals surface area contributed by atoms with Crippen LogP contribution in [-0.2, 0) is 16.1 Å². The van der Waals surface area contributed by atoms with Crippen LogP contribution in [-0.4, -0.2) is 59.3 Å². The molecule has 3 aromatic rings. The number of halogens is 3.